The number of carbonyl (C=O) groups excluding carboxylic acids is 1. The summed E-state index contributed by atoms with van der Waals surface area (Å²) < 4.78 is 35.6. The first-order valence-electron chi connectivity index (χ1n) is 5.09. The van der Waals surface area contributed by atoms with E-state index in [-0.39, 0.29) is 63.9 Å². The first-order valence-corrected chi connectivity index (χ1v) is 6.67. The molecule has 0 aromatic rings. The van der Waals surface area contributed by atoms with E-state index in [2.05, 4.69) is 6.58 Å². The van der Waals surface area contributed by atoms with Crippen molar-refractivity contribution in [2.75, 3.05) is 12.4 Å². The first-order chi connectivity index (χ1) is 7.33. The SMILES string of the molecule is C=C(C)C(=O)OCCCCCCS(=O)(=O)[O-].[Rb+]. The zero-order valence-corrected chi connectivity index (χ0v) is 16.1. The van der Waals surface area contributed by atoms with Gasteiger partial charge in [0.2, 0.25) is 0 Å². The standard InChI is InChI=1S/C10H18O5S.Rb/c1-9(2)10(11)15-7-5-3-4-6-8-16(12,13)14;/h1,3-8H2,2H3,(H,12,13,14);/q;+1/p-1. The number of hydrogen-bond donors (Lipinski definition) is 0. The van der Waals surface area contributed by atoms with Gasteiger partial charge in [-0.1, -0.05) is 19.4 Å². The van der Waals surface area contributed by atoms with E-state index in [4.69, 9.17) is 4.74 Å². The second kappa shape index (κ2) is 10.8. The number of carbonyl (C=O) groups is 1. The molecule has 0 spiro atoms. The quantitative estimate of drug-likeness (QED) is 0.227. The van der Waals surface area contributed by atoms with Crippen molar-refractivity contribution in [1.29, 1.82) is 0 Å². The third kappa shape index (κ3) is 14.9. The predicted octanol–water partition coefficient (Wildman–Crippen LogP) is -1.78. The van der Waals surface area contributed by atoms with Crippen molar-refractivity contribution in [3.8, 4) is 0 Å². The van der Waals surface area contributed by atoms with E-state index in [9.17, 15) is 17.8 Å². The fourth-order valence-electron chi connectivity index (χ4n) is 1.02. The maximum Gasteiger partial charge on any atom is 1.00 e. The normalized spacial score (nSPS) is 10.5. The molecule has 7 heteroatoms. The average molecular weight is 335 g/mol. The zero-order valence-electron chi connectivity index (χ0n) is 10.4. The summed E-state index contributed by atoms with van der Waals surface area (Å²) in [6.07, 6.45) is 2.41. The monoisotopic (exact) mass is 334 g/mol. The smallest absolute Gasteiger partial charge is 0.748 e. The molecule has 0 aliphatic rings. The molecule has 0 aliphatic carbocycles. The molecule has 0 radical (unpaired) electrons. The van der Waals surface area contributed by atoms with E-state index < -0.39 is 16.1 Å². The summed E-state index contributed by atoms with van der Waals surface area (Å²) >= 11 is 0. The van der Waals surface area contributed by atoms with Gasteiger partial charge in [-0.15, -0.1) is 0 Å². The van der Waals surface area contributed by atoms with Gasteiger partial charge in [-0.05, 0) is 19.8 Å². The van der Waals surface area contributed by atoms with Gasteiger partial charge in [-0.25, -0.2) is 13.2 Å². The number of ether oxygens (including phenoxy) is 1. The second-order valence-corrected chi connectivity index (χ2v) is 5.12. The van der Waals surface area contributed by atoms with Crippen LogP contribution in [0, 0.1) is 0 Å². The van der Waals surface area contributed by atoms with E-state index in [1.807, 2.05) is 0 Å². The van der Waals surface area contributed by atoms with Crippen molar-refractivity contribution in [1.82, 2.24) is 0 Å². The van der Waals surface area contributed by atoms with Gasteiger partial charge < -0.3 is 9.29 Å². The molecule has 0 bridgehead atoms. The maximum absolute atomic E-state index is 10.9. The van der Waals surface area contributed by atoms with Crippen LogP contribution < -0.4 is 58.2 Å². The summed E-state index contributed by atoms with van der Waals surface area (Å²) in [5.74, 6) is -0.736. The fraction of sp³-hybridized carbons (Fsp3) is 0.700. The van der Waals surface area contributed by atoms with Crippen LogP contribution in [0.3, 0.4) is 0 Å². The molecular weight excluding hydrogens is 318 g/mol. The molecule has 0 aliphatic heterocycles. The van der Waals surface area contributed by atoms with Crippen LogP contribution in [0.15, 0.2) is 12.2 Å². The Morgan fingerprint density at radius 2 is 1.76 bits per heavy atom. The topological polar surface area (TPSA) is 83.5 Å². The summed E-state index contributed by atoms with van der Waals surface area (Å²) in [5.41, 5.74) is 0.359. The maximum atomic E-state index is 10.9. The molecule has 0 aromatic heterocycles. The number of rotatable bonds is 8. The molecule has 0 saturated carbocycles. The van der Waals surface area contributed by atoms with Crippen LogP contribution in [0.4, 0.5) is 0 Å². The van der Waals surface area contributed by atoms with Gasteiger partial charge in [0.25, 0.3) is 0 Å². The summed E-state index contributed by atoms with van der Waals surface area (Å²) in [4.78, 5) is 10.9. The van der Waals surface area contributed by atoms with Crippen LogP contribution in [0.1, 0.15) is 32.6 Å². The Labute approximate surface area is 152 Å². The summed E-state index contributed by atoms with van der Waals surface area (Å²) in [7, 11) is -4.09. The van der Waals surface area contributed by atoms with Gasteiger partial charge in [0, 0.05) is 11.3 Å². The van der Waals surface area contributed by atoms with Crippen LogP contribution in [-0.4, -0.2) is 31.3 Å². The Hall–Kier alpha value is 0.925. The molecular formula is C10H17O5RbS. The Bertz CT molecular complexity index is 337. The van der Waals surface area contributed by atoms with E-state index in [0.717, 1.165) is 6.42 Å². The van der Waals surface area contributed by atoms with Crippen LogP contribution in [0.2, 0.25) is 0 Å². The molecule has 0 fully saturated rings. The average Bonchev–Trinajstić information content (AvgIpc) is 2.14. The number of unbranched alkanes of at least 4 members (excludes halogenated alkanes) is 3. The number of esters is 1. The third-order valence-electron chi connectivity index (χ3n) is 1.87. The molecule has 94 valence electrons. The van der Waals surface area contributed by atoms with Crippen LogP contribution in [-0.2, 0) is 19.6 Å². The Balaban J connectivity index is 0. The molecule has 0 unspecified atom stereocenters. The van der Waals surface area contributed by atoms with E-state index in [1.165, 1.54) is 0 Å². The molecule has 0 aromatic carbocycles. The Kier molecular flexibility index (Phi) is 12.9. The molecule has 5 nitrogen and oxygen atoms in total. The second-order valence-electron chi connectivity index (χ2n) is 3.59. The van der Waals surface area contributed by atoms with Gasteiger partial charge in [-0.2, -0.15) is 0 Å². The summed E-state index contributed by atoms with van der Waals surface area (Å²) in [5, 5.41) is 0. The van der Waals surface area contributed by atoms with Crippen LogP contribution >= 0.6 is 0 Å². The minimum atomic E-state index is -4.09. The van der Waals surface area contributed by atoms with Gasteiger partial charge in [0.1, 0.15) is 0 Å². The zero-order chi connectivity index (χ0) is 12.6. The van der Waals surface area contributed by atoms with E-state index in [1.54, 1.807) is 6.92 Å². The van der Waals surface area contributed by atoms with Gasteiger partial charge >= 0.3 is 64.2 Å². The molecule has 0 heterocycles. The van der Waals surface area contributed by atoms with Crippen LogP contribution in [0.25, 0.3) is 0 Å². The van der Waals surface area contributed by atoms with Crippen molar-refractivity contribution in [3.63, 3.8) is 0 Å². The minimum Gasteiger partial charge on any atom is -0.748 e. The molecule has 0 saturated heterocycles. The van der Waals surface area contributed by atoms with E-state index in [0.29, 0.717) is 31.4 Å². The van der Waals surface area contributed by atoms with Crippen LogP contribution in [0.5, 0.6) is 0 Å². The molecule has 0 rings (SSSR count). The molecule has 17 heavy (non-hydrogen) atoms. The number of hydrogen-bond acceptors (Lipinski definition) is 5. The molecule has 0 amide bonds. The van der Waals surface area contributed by atoms with Crippen molar-refractivity contribution >= 4 is 16.1 Å². The minimum absolute atomic E-state index is 0. The first kappa shape index (κ1) is 20.2. The molecule has 0 N–H and O–H groups in total. The van der Waals surface area contributed by atoms with Crippen molar-refractivity contribution in [3.05, 3.63) is 12.2 Å². The predicted molar refractivity (Wildman–Crippen MR) is 58.8 cm³/mol. The Morgan fingerprint density at radius 1 is 1.24 bits per heavy atom. The van der Waals surface area contributed by atoms with Gasteiger partial charge in [0.05, 0.1) is 16.7 Å². The van der Waals surface area contributed by atoms with Gasteiger partial charge in [-0.3, -0.25) is 0 Å². The van der Waals surface area contributed by atoms with Crippen molar-refractivity contribution in [2.45, 2.75) is 32.6 Å². The largest absolute Gasteiger partial charge is 1.00 e. The summed E-state index contributed by atoms with van der Waals surface area (Å²) in [6.45, 7) is 5.31. The fourth-order valence-corrected chi connectivity index (χ4v) is 1.58. The van der Waals surface area contributed by atoms with Crippen molar-refractivity contribution < 1.29 is 80.7 Å². The van der Waals surface area contributed by atoms with E-state index >= 15 is 0 Å². The van der Waals surface area contributed by atoms with Gasteiger partial charge in [0.15, 0.2) is 0 Å². The third-order valence-corrected chi connectivity index (χ3v) is 2.66. The summed E-state index contributed by atoms with van der Waals surface area (Å²) in [6, 6.07) is 0. The van der Waals surface area contributed by atoms with Crippen molar-refractivity contribution in [2.24, 2.45) is 0 Å². The Morgan fingerprint density at radius 3 is 2.24 bits per heavy atom. The molecule has 0 atom stereocenters.